The van der Waals surface area contributed by atoms with E-state index in [1.165, 1.54) is 0 Å². The fourth-order valence-corrected chi connectivity index (χ4v) is 5.71. The maximum absolute atomic E-state index is 13.1. The molecule has 2 amide bonds. The van der Waals surface area contributed by atoms with Gasteiger partial charge in [-0.25, -0.2) is 0 Å². The first-order chi connectivity index (χ1) is 20.7. The zero-order valence-electron chi connectivity index (χ0n) is 25.2. The molecule has 1 aliphatic heterocycles. The maximum Gasteiger partial charge on any atom is 0.251 e. The molecular formula is C34H39N5O4. The van der Waals surface area contributed by atoms with Gasteiger partial charge < -0.3 is 24.4 Å². The summed E-state index contributed by atoms with van der Waals surface area (Å²) in [5.41, 5.74) is 2.18. The third-order valence-electron chi connectivity index (χ3n) is 8.14. The molecule has 0 saturated carbocycles. The number of rotatable bonds is 11. The molecule has 1 aliphatic rings. The number of carbonyl (C=O) groups excluding carboxylic acids is 2. The molecule has 1 atom stereocenters. The Balaban J connectivity index is 1.23. The summed E-state index contributed by atoms with van der Waals surface area (Å²) in [5, 5.41) is 4.66. The van der Waals surface area contributed by atoms with Crippen LogP contribution >= 0.6 is 0 Å². The highest BCUT2D eigenvalue weighted by molar-refractivity contribution is 6.20. The summed E-state index contributed by atoms with van der Waals surface area (Å²) < 4.78 is 7.92. The number of fused-ring (bicyclic) bond motifs is 2. The average Bonchev–Trinajstić information content (AvgIpc) is 3.07. The van der Waals surface area contributed by atoms with Crippen LogP contribution in [0, 0.1) is 5.41 Å². The maximum atomic E-state index is 13.1. The number of nitrogens with zero attached hydrogens (tertiary/aromatic N) is 4. The van der Waals surface area contributed by atoms with Gasteiger partial charge in [0.05, 0.1) is 23.5 Å². The monoisotopic (exact) mass is 581 g/mol. The highest BCUT2D eigenvalue weighted by Gasteiger charge is 2.45. The van der Waals surface area contributed by atoms with Crippen molar-refractivity contribution in [2.45, 2.75) is 46.2 Å². The van der Waals surface area contributed by atoms with Gasteiger partial charge in [0, 0.05) is 50.7 Å². The van der Waals surface area contributed by atoms with E-state index in [0.29, 0.717) is 49.8 Å². The molecule has 9 heteroatoms. The summed E-state index contributed by atoms with van der Waals surface area (Å²) in [7, 11) is 1.70. The van der Waals surface area contributed by atoms with Crippen LogP contribution in [0.15, 0.2) is 83.9 Å². The number of anilines is 2. The molecule has 2 aromatic heterocycles. The molecule has 0 spiro atoms. The second-order valence-corrected chi connectivity index (χ2v) is 11.4. The Morgan fingerprint density at radius 3 is 2.53 bits per heavy atom. The van der Waals surface area contributed by atoms with Gasteiger partial charge >= 0.3 is 0 Å². The number of para-hydroxylation sites is 1. The van der Waals surface area contributed by atoms with Crippen molar-refractivity contribution in [3.8, 4) is 5.75 Å². The van der Waals surface area contributed by atoms with Crippen LogP contribution in [0.4, 0.5) is 11.4 Å². The van der Waals surface area contributed by atoms with Gasteiger partial charge in [-0.2, -0.15) is 0 Å². The van der Waals surface area contributed by atoms with Crippen molar-refractivity contribution < 1.29 is 14.3 Å². The predicted molar refractivity (Wildman–Crippen MR) is 170 cm³/mol. The molecule has 0 bridgehead atoms. The van der Waals surface area contributed by atoms with Crippen molar-refractivity contribution in [2.24, 2.45) is 5.41 Å². The molecule has 0 aliphatic carbocycles. The molecule has 9 nitrogen and oxygen atoms in total. The number of benzene rings is 2. The Morgan fingerprint density at radius 1 is 0.953 bits per heavy atom. The molecule has 0 radical (unpaired) electrons. The van der Waals surface area contributed by atoms with Crippen molar-refractivity contribution in [3.05, 3.63) is 95.0 Å². The smallest absolute Gasteiger partial charge is 0.251 e. The number of hydrogen-bond acceptors (Lipinski definition) is 6. The highest BCUT2D eigenvalue weighted by atomic mass is 16.5. The van der Waals surface area contributed by atoms with Gasteiger partial charge in [-0.15, -0.1) is 0 Å². The molecular weight excluding hydrogens is 542 g/mol. The number of aromatic nitrogens is 2. The van der Waals surface area contributed by atoms with Crippen molar-refractivity contribution >= 4 is 34.1 Å². The number of pyridine rings is 2. The number of nitrogens with one attached hydrogen (secondary N) is 1. The summed E-state index contributed by atoms with van der Waals surface area (Å²) in [6.45, 7) is 7.45. The summed E-state index contributed by atoms with van der Waals surface area (Å²) >= 11 is 0. The van der Waals surface area contributed by atoms with Crippen LogP contribution in [-0.4, -0.2) is 48.1 Å². The van der Waals surface area contributed by atoms with E-state index in [-0.39, 0.29) is 23.4 Å². The lowest BCUT2D eigenvalue weighted by Crippen LogP contribution is -2.47. The van der Waals surface area contributed by atoms with Crippen LogP contribution in [0.2, 0.25) is 0 Å². The predicted octanol–water partition coefficient (Wildman–Crippen LogP) is 4.94. The average molecular weight is 582 g/mol. The lowest BCUT2D eigenvalue weighted by Gasteiger charge is -2.27. The number of aryl methyl sites for hydroxylation is 1. The van der Waals surface area contributed by atoms with Crippen LogP contribution in [0.1, 0.15) is 45.2 Å². The Morgan fingerprint density at radius 2 is 1.77 bits per heavy atom. The van der Waals surface area contributed by atoms with E-state index >= 15 is 0 Å². The van der Waals surface area contributed by atoms with E-state index in [9.17, 15) is 14.4 Å². The van der Waals surface area contributed by atoms with Crippen LogP contribution in [0.5, 0.6) is 5.75 Å². The molecule has 0 fully saturated rings. The number of carbonyl (C=O) groups is 2. The Hall–Kier alpha value is -4.50. The van der Waals surface area contributed by atoms with Crippen LogP contribution in [-0.2, 0) is 16.1 Å². The Labute approximate surface area is 252 Å². The van der Waals surface area contributed by atoms with Gasteiger partial charge in [0.1, 0.15) is 11.2 Å². The fourth-order valence-electron chi connectivity index (χ4n) is 5.71. The first-order valence-electron chi connectivity index (χ1n) is 14.8. The van der Waals surface area contributed by atoms with Crippen molar-refractivity contribution in [3.63, 3.8) is 0 Å². The molecule has 5 rings (SSSR count). The van der Waals surface area contributed by atoms with E-state index in [1.54, 1.807) is 43.0 Å². The van der Waals surface area contributed by atoms with Crippen LogP contribution in [0.25, 0.3) is 10.9 Å². The summed E-state index contributed by atoms with van der Waals surface area (Å²) in [6.07, 6.45) is 5.07. The molecule has 1 unspecified atom stereocenters. The molecule has 1 N–H and O–H groups in total. The Bertz CT molecular complexity index is 1670. The van der Waals surface area contributed by atoms with Crippen molar-refractivity contribution in [1.29, 1.82) is 0 Å². The van der Waals surface area contributed by atoms with Gasteiger partial charge in [0.25, 0.3) is 5.56 Å². The van der Waals surface area contributed by atoms with Gasteiger partial charge in [-0.05, 0) is 81.4 Å². The summed E-state index contributed by atoms with van der Waals surface area (Å²) in [4.78, 5) is 46.5. The zero-order chi connectivity index (χ0) is 30.6. The second-order valence-electron chi connectivity index (χ2n) is 11.4. The molecule has 4 aromatic rings. The number of amides is 2. The van der Waals surface area contributed by atoms with E-state index in [0.717, 1.165) is 22.9 Å². The quantitative estimate of drug-likeness (QED) is 0.199. The third-order valence-corrected chi connectivity index (χ3v) is 8.14. The molecule has 224 valence electrons. The van der Waals surface area contributed by atoms with Crippen molar-refractivity contribution in [2.75, 3.05) is 36.5 Å². The van der Waals surface area contributed by atoms with Gasteiger partial charge in [-0.3, -0.25) is 19.4 Å². The third kappa shape index (κ3) is 6.17. The van der Waals surface area contributed by atoms with E-state index in [1.807, 2.05) is 78.4 Å². The highest BCUT2D eigenvalue weighted by Crippen LogP contribution is 2.40. The standard InChI is InChI=1S/C34H39N5O4/c1-5-38-29-15-14-26(22-30(29)37(4)32(41)34(2,3)33(38)42)43-21-9-19-36-27(25-11-8-18-35-23-25)17-20-39-28-12-7-6-10-24(28)13-16-31(39)40/h6-8,10-16,18,22-23,27,36H,5,9,17,19-21H2,1-4H3. The molecule has 2 aromatic carbocycles. The minimum Gasteiger partial charge on any atom is -0.493 e. The lowest BCUT2D eigenvalue weighted by atomic mass is 9.90. The minimum atomic E-state index is -1.15. The second kappa shape index (κ2) is 12.8. The zero-order valence-corrected chi connectivity index (χ0v) is 25.2. The van der Waals surface area contributed by atoms with Gasteiger partial charge in [0.15, 0.2) is 0 Å². The number of ether oxygens (including phenoxy) is 1. The van der Waals surface area contributed by atoms with Gasteiger partial charge in [-0.1, -0.05) is 24.3 Å². The van der Waals surface area contributed by atoms with Crippen LogP contribution < -0.4 is 25.4 Å². The van der Waals surface area contributed by atoms with Crippen molar-refractivity contribution in [1.82, 2.24) is 14.9 Å². The largest absolute Gasteiger partial charge is 0.493 e. The van der Waals surface area contributed by atoms with Gasteiger partial charge in [0.2, 0.25) is 11.8 Å². The first-order valence-corrected chi connectivity index (χ1v) is 14.8. The lowest BCUT2D eigenvalue weighted by molar-refractivity contribution is -0.137. The first kappa shape index (κ1) is 30.0. The Kier molecular flexibility index (Phi) is 8.92. The molecule has 43 heavy (non-hydrogen) atoms. The van der Waals surface area contributed by atoms with Crippen LogP contribution in [0.3, 0.4) is 0 Å². The fraction of sp³-hybridized carbons (Fsp3) is 0.353. The summed E-state index contributed by atoms with van der Waals surface area (Å²) in [6, 6.07) is 20.9. The van der Waals surface area contributed by atoms with E-state index in [4.69, 9.17) is 4.74 Å². The summed E-state index contributed by atoms with van der Waals surface area (Å²) in [5.74, 6) is 0.183. The molecule has 0 saturated heterocycles. The number of hydrogen-bond donors (Lipinski definition) is 1. The normalized spacial score (nSPS) is 15.3. The van der Waals surface area contributed by atoms with E-state index < -0.39 is 5.41 Å². The minimum absolute atomic E-state index is 0.00708. The topological polar surface area (TPSA) is 96.8 Å². The molecule has 3 heterocycles. The van der Waals surface area contributed by atoms with E-state index in [2.05, 4.69) is 10.3 Å². The SMILES string of the molecule is CCN1C(=O)C(C)(C)C(=O)N(C)c2cc(OCCCNC(CCn3c(=O)ccc4ccccc43)c3cccnc3)ccc21.